The van der Waals surface area contributed by atoms with E-state index in [-0.39, 0.29) is 18.0 Å². The van der Waals surface area contributed by atoms with Crippen molar-refractivity contribution < 1.29 is 9.59 Å². The molecule has 3 rings (SSSR count). The number of para-hydroxylation sites is 1. The Morgan fingerprint density at radius 3 is 2.52 bits per heavy atom. The minimum atomic E-state index is -0.294. The van der Waals surface area contributed by atoms with Crippen molar-refractivity contribution in [3.05, 3.63) is 42.1 Å². The number of aryl methyl sites for hydroxylation is 1. The van der Waals surface area contributed by atoms with Gasteiger partial charge in [0.2, 0.25) is 5.91 Å². The van der Waals surface area contributed by atoms with E-state index in [2.05, 4.69) is 15.7 Å². The van der Waals surface area contributed by atoms with Gasteiger partial charge in [-0.2, -0.15) is 5.10 Å². The third-order valence-corrected chi connectivity index (χ3v) is 4.56. The molecule has 2 N–H and O–H groups in total. The molecule has 0 atom stereocenters. The first-order chi connectivity index (χ1) is 12.0. The van der Waals surface area contributed by atoms with Crippen LogP contribution in [0.2, 0.25) is 0 Å². The zero-order chi connectivity index (χ0) is 17.8. The number of hydrogen-bond acceptors (Lipinski definition) is 3. The van der Waals surface area contributed by atoms with Crippen LogP contribution < -0.4 is 10.6 Å². The van der Waals surface area contributed by atoms with Crippen molar-refractivity contribution in [3.63, 3.8) is 0 Å². The van der Waals surface area contributed by atoms with Crippen LogP contribution in [-0.2, 0) is 4.79 Å². The summed E-state index contributed by atoms with van der Waals surface area (Å²) in [5.74, 6) is 0.766. The summed E-state index contributed by atoms with van der Waals surface area (Å²) in [5, 5.41) is 10.1. The first kappa shape index (κ1) is 17.0. The van der Waals surface area contributed by atoms with E-state index in [0.717, 1.165) is 24.1 Å². The third kappa shape index (κ3) is 3.99. The SMILES string of the molecule is CC(=O)N1CCC(n2nccc2NC(=O)Nc2ccccc2C)CC1. The van der Waals surface area contributed by atoms with E-state index in [1.165, 1.54) is 0 Å². The molecule has 0 radical (unpaired) electrons. The number of carbonyl (C=O) groups excluding carboxylic acids is 2. The van der Waals surface area contributed by atoms with E-state index in [0.29, 0.717) is 18.9 Å². The monoisotopic (exact) mass is 341 g/mol. The van der Waals surface area contributed by atoms with Gasteiger partial charge in [-0.1, -0.05) is 18.2 Å². The molecule has 7 nitrogen and oxygen atoms in total. The number of benzene rings is 1. The molecule has 1 aliphatic heterocycles. The van der Waals surface area contributed by atoms with Gasteiger partial charge in [-0.05, 0) is 31.4 Å². The topological polar surface area (TPSA) is 79.3 Å². The van der Waals surface area contributed by atoms with Gasteiger partial charge in [0.1, 0.15) is 5.82 Å². The maximum absolute atomic E-state index is 12.3. The van der Waals surface area contributed by atoms with E-state index in [9.17, 15) is 9.59 Å². The number of rotatable bonds is 3. The average molecular weight is 341 g/mol. The highest BCUT2D eigenvalue weighted by molar-refractivity contribution is 5.99. The standard InChI is InChI=1S/C18H23N5O2/c1-13-5-3-4-6-16(13)20-18(25)21-17-7-10-19-23(17)15-8-11-22(12-9-15)14(2)24/h3-7,10,15H,8-9,11-12H2,1-2H3,(H2,20,21,25). The van der Waals surface area contributed by atoms with E-state index in [1.54, 1.807) is 19.2 Å². The summed E-state index contributed by atoms with van der Waals surface area (Å²) in [5.41, 5.74) is 1.78. The molecule has 0 bridgehead atoms. The van der Waals surface area contributed by atoms with Crippen LogP contribution in [0.3, 0.4) is 0 Å². The number of carbonyl (C=O) groups is 2. The molecule has 2 aromatic rings. The van der Waals surface area contributed by atoms with Crippen molar-refractivity contribution in [1.29, 1.82) is 0 Å². The minimum absolute atomic E-state index is 0.106. The number of amides is 3. The lowest BCUT2D eigenvalue weighted by Crippen LogP contribution is -2.38. The zero-order valence-electron chi connectivity index (χ0n) is 14.5. The minimum Gasteiger partial charge on any atom is -0.343 e. The first-order valence-electron chi connectivity index (χ1n) is 8.47. The second-order valence-electron chi connectivity index (χ2n) is 6.29. The summed E-state index contributed by atoms with van der Waals surface area (Å²) in [6, 6.07) is 9.30. The van der Waals surface area contributed by atoms with Crippen molar-refractivity contribution >= 4 is 23.4 Å². The van der Waals surface area contributed by atoms with Crippen molar-refractivity contribution in [2.45, 2.75) is 32.7 Å². The number of urea groups is 1. The van der Waals surface area contributed by atoms with E-state index in [1.807, 2.05) is 40.8 Å². The predicted molar refractivity (Wildman–Crippen MR) is 96.6 cm³/mol. The molecule has 1 aromatic carbocycles. The normalized spacial score (nSPS) is 15.0. The van der Waals surface area contributed by atoms with Gasteiger partial charge in [0.25, 0.3) is 0 Å². The van der Waals surface area contributed by atoms with Crippen LogP contribution in [0.1, 0.15) is 31.4 Å². The Balaban J connectivity index is 1.63. The van der Waals surface area contributed by atoms with Crippen molar-refractivity contribution in [2.24, 2.45) is 0 Å². The van der Waals surface area contributed by atoms with Gasteiger partial charge < -0.3 is 10.2 Å². The number of nitrogens with zero attached hydrogens (tertiary/aromatic N) is 3. The Labute approximate surface area is 147 Å². The predicted octanol–water partition coefficient (Wildman–Crippen LogP) is 3.02. The maximum atomic E-state index is 12.3. The van der Waals surface area contributed by atoms with Crippen LogP contribution in [0.4, 0.5) is 16.3 Å². The molecule has 1 fully saturated rings. The maximum Gasteiger partial charge on any atom is 0.324 e. The van der Waals surface area contributed by atoms with Gasteiger partial charge in [0.15, 0.2) is 0 Å². The van der Waals surface area contributed by atoms with E-state index in [4.69, 9.17) is 0 Å². The van der Waals surface area contributed by atoms with E-state index < -0.39 is 0 Å². The Morgan fingerprint density at radius 1 is 1.12 bits per heavy atom. The van der Waals surface area contributed by atoms with Gasteiger partial charge in [-0.15, -0.1) is 0 Å². The molecule has 1 saturated heterocycles. The lowest BCUT2D eigenvalue weighted by Gasteiger charge is -2.32. The lowest BCUT2D eigenvalue weighted by molar-refractivity contribution is -0.130. The molecule has 7 heteroatoms. The van der Waals surface area contributed by atoms with Crippen LogP contribution in [0.25, 0.3) is 0 Å². The summed E-state index contributed by atoms with van der Waals surface area (Å²) in [6.45, 7) is 4.98. The lowest BCUT2D eigenvalue weighted by atomic mass is 10.1. The fourth-order valence-electron chi connectivity index (χ4n) is 3.11. The summed E-state index contributed by atoms with van der Waals surface area (Å²) in [4.78, 5) is 25.6. The first-order valence-corrected chi connectivity index (χ1v) is 8.47. The average Bonchev–Trinajstić information content (AvgIpc) is 3.05. The summed E-state index contributed by atoms with van der Waals surface area (Å²) < 4.78 is 1.84. The number of hydrogen-bond donors (Lipinski definition) is 2. The molecule has 132 valence electrons. The van der Waals surface area contributed by atoms with Crippen LogP contribution in [0.15, 0.2) is 36.5 Å². The summed E-state index contributed by atoms with van der Waals surface area (Å²) in [6.07, 6.45) is 3.34. The largest absolute Gasteiger partial charge is 0.343 e. The molecule has 3 amide bonds. The van der Waals surface area contributed by atoms with Crippen LogP contribution in [0.5, 0.6) is 0 Å². The molecule has 0 aliphatic carbocycles. The van der Waals surface area contributed by atoms with Crippen molar-refractivity contribution in [3.8, 4) is 0 Å². The second kappa shape index (κ2) is 7.38. The molecule has 0 unspecified atom stereocenters. The fourth-order valence-corrected chi connectivity index (χ4v) is 3.11. The molecule has 0 spiro atoms. The highest BCUT2D eigenvalue weighted by atomic mass is 16.2. The molecule has 0 saturated carbocycles. The smallest absolute Gasteiger partial charge is 0.324 e. The number of nitrogens with one attached hydrogen (secondary N) is 2. The molecule has 25 heavy (non-hydrogen) atoms. The zero-order valence-corrected chi connectivity index (χ0v) is 14.5. The Morgan fingerprint density at radius 2 is 1.84 bits per heavy atom. The van der Waals surface area contributed by atoms with E-state index >= 15 is 0 Å². The Bertz CT molecular complexity index is 762. The van der Waals surface area contributed by atoms with Crippen LogP contribution >= 0.6 is 0 Å². The van der Waals surface area contributed by atoms with Gasteiger partial charge in [-0.3, -0.25) is 10.1 Å². The highest BCUT2D eigenvalue weighted by Crippen LogP contribution is 2.25. The molecule has 1 aliphatic rings. The molecule has 1 aromatic heterocycles. The van der Waals surface area contributed by atoms with Gasteiger partial charge in [0, 0.05) is 31.8 Å². The number of piperidine rings is 1. The summed E-state index contributed by atoms with van der Waals surface area (Å²) in [7, 11) is 0. The Kier molecular flexibility index (Phi) is 5.02. The number of anilines is 2. The summed E-state index contributed by atoms with van der Waals surface area (Å²) >= 11 is 0. The molecular weight excluding hydrogens is 318 g/mol. The van der Waals surface area contributed by atoms with Crippen LogP contribution in [0, 0.1) is 6.92 Å². The molecular formula is C18H23N5O2. The fraction of sp³-hybridized carbons (Fsp3) is 0.389. The van der Waals surface area contributed by atoms with Gasteiger partial charge >= 0.3 is 6.03 Å². The second-order valence-corrected chi connectivity index (χ2v) is 6.29. The molecule has 2 heterocycles. The van der Waals surface area contributed by atoms with Crippen molar-refractivity contribution in [1.82, 2.24) is 14.7 Å². The van der Waals surface area contributed by atoms with Gasteiger partial charge in [-0.25, -0.2) is 9.48 Å². The van der Waals surface area contributed by atoms with Crippen molar-refractivity contribution in [2.75, 3.05) is 23.7 Å². The highest BCUT2D eigenvalue weighted by Gasteiger charge is 2.24. The van der Waals surface area contributed by atoms with Crippen LogP contribution in [-0.4, -0.2) is 39.7 Å². The Hall–Kier alpha value is -2.83. The number of aromatic nitrogens is 2. The third-order valence-electron chi connectivity index (χ3n) is 4.56. The number of likely N-dealkylation sites (tertiary alicyclic amines) is 1. The van der Waals surface area contributed by atoms with Gasteiger partial charge in [0.05, 0.1) is 12.2 Å². The quantitative estimate of drug-likeness (QED) is 0.900.